The number of rotatable bonds is 7. The summed E-state index contributed by atoms with van der Waals surface area (Å²) in [4.78, 5) is 11.9. The van der Waals surface area contributed by atoms with Gasteiger partial charge in [-0.1, -0.05) is 15.9 Å². The molecule has 2 aromatic carbocycles. The Morgan fingerprint density at radius 2 is 2.08 bits per heavy atom. The SMILES string of the molecule is O=C(COc1ccc(Br)cc1)Nc1ccc(NCC2CCCO2)c(F)c1. The van der Waals surface area contributed by atoms with Crippen molar-refractivity contribution in [3.63, 3.8) is 0 Å². The van der Waals surface area contributed by atoms with Gasteiger partial charge in [0.1, 0.15) is 11.6 Å². The summed E-state index contributed by atoms with van der Waals surface area (Å²) >= 11 is 3.33. The van der Waals surface area contributed by atoms with Crippen molar-refractivity contribution in [2.45, 2.75) is 18.9 Å². The van der Waals surface area contributed by atoms with Crippen LogP contribution in [0.5, 0.6) is 5.75 Å². The van der Waals surface area contributed by atoms with Gasteiger partial charge < -0.3 is 20.1 Å². The number of hydrogen-bond acceptors (Lipinski definition) is 4. The zero-order chi connectivity index (χ0) is 18.4. The monoisotopic (exact) mass is 422 g/mol. The zero-order valence-electron chi connectivity index (χ0n) is 14.1. The third-order valence-corrected chi connectivity index (χ3v) is 4.51. The number of amides is 1. The lowest BCUT2D eigenvalue weighted by Crippen LogP contribution is -2.21. The standard InChI is InChI=1S/C19H20BrFN2O3/c20-13-3-6-15(7-4-13)26-12-19(24)23-14-5-8-18(17(21)10-14)22-11-16-2-1-9-25-16/h3-8,10,16,22H,1-2,9,11-12H2,(H,23,24). The molecule has 3 rings (SSSR count). The summed E-state index contributed by atoms with van der Waals surface area (Å²) in [6, 6.07) is 11.7. The van der Waals surface area contributed by atoms with Crippen molar-refractivity contribution in [1.82, 2.24) is 0 Å². The summed E-state index contributed by atoms with van der Waals surface area (Å²) in [7, 11) is 0. The summed E-state index contributed by atoms with van der Waals surface area (Å²) in [6.45, 7) is 1.19. The van der Waals surface area contributed by atoms with Gasteiger partial charge in [0.25, 0.3) is 5.91 Å². The van der Waals surface area contributed by atoms with Crippen LogP contribution in [0.1, 0.15) is 12.8 Å². The number of halogens is 2. The third kappa shape index (κ3) is 5.44. The fourth-order valence-corrected chi connectivity index (χ4v) is 2.91. The van der Waals surface area contributed by atoms with Gasteiger partial charge in [-0.2, -0.15) is 0 Å². The smallest absolute Gasteiger partial charge is 0.262 e. The van der Waals surface area contributed by atoms with E-state index in [-0.39, 0.29) is 18.6 Å². The van der Waals surface area contributed by atoms with Gasteiger partial charge in [-0.25, -0.2) is 4.39 Å². The van der Waals surface area contributed by atoms with Crippen LogP contribution in [0.25, 0.3) is 0 Å². The van der Waals surface area contributed by atoms with Crippen LogP contribution >= 0.6 is 15.9 Å². The molecule has 0 radical (unpaired) electrons. The van der Waals surface area contributed by atoms with E-state index in [9.17, 15) is 9.18 Å². The molecule has 0 aromatic heterocycles. The van der Waals surface area contributed by atoms with Crippen molar-refractivity contribution < 1.29 is 18.7 Å². The molecule has 1 unspecified atom stereocenters. The van der Waals surface area contributed by atoms with Gasteiger partial charge >= 0.3 is 0 Å². The highest BCUT2D eigenvalue weighted by molar-refractivity contribution is 9.10. The fourth-order valence-electron chi connectivity index (χ4n) is 2.64. The molecule has 0 aliphatic carbocycles. The van der Waals surface area contributed by atoms with Crippen LogP contribution in [0.4, 0.5) is 15.8 Å². The molecule has 1 aliphatic heterocycles. The Labute approximate surface area is 160 Å². The quantitative estimate of drug-likeness (QED) is 0.701. The molecule has 5 nitrogen and oxygen atoms in total. The molecule has 138 valence electrons. The Morgan fingerprint density at radius 1 is 1.27 bits per heavy atom. The average molecular weight is 423 g/mol. The lowest BCUT2D eigenvalue weighted by Gasteiger charge is -2.13. The molecule has 0 bridgehead atoms. The summed E-state index contributed by atoms with van der Waals surface area (Å²) in [5.41, 5.74) is 0.777. The average Bonchev–Trinajstić information content (AvgIpc) is 3.14. The van der Waals surface area contributed by atoms with Gasteiger partial charge in [0.2, 0.25) is 0 Å². The Morgan fingerprint density at radius 3 is 2.77 bits per heavy atom. The van der Waals surface area contributed by atoms with E-state index in [0.29, 0.717) is 23.7 Å². The third-order valence-electron chi connectivity index (χ3n) is 3.98. The molecule has 7 heteroatoms. The Kier molecular flexibility index (Phi) is 6.46. The minimum absolute atomic E-state index is 0.129. The maximum Gasteiger partial charge on any atom is 0.262 e. The second-order valence-corrected chi connectivity index (χ2v) is 6.92. The highest BCUT2D eigenvalue weighted by Crippen LogP contribution is 2.21. The van der Waals surface area contributed by atoms with E-state index in [2.05, 4.69) is 26.6 Å². The molecule has 2 N–H and O–H groups in total. The van der Waals surface area contributed by atoms with E-state index in [0.717, 1.165) is 23.9 Å². The second kappa shape index (κ2) is 9.00. The van der Waals surface area contributed by atoms with Gasteiger partial charge in [-0.15, -0.1) is 0 Å². The van der Waals surface area contributed by atoms with Crippen molar-refractivity contribution >= 4 is 33.2 Å². The Balaban J connectivity index is 1.48. The molecule has 1 atom stereocenters. The number of hydrogen-bond donors (Lipinski definition) is 2. The van der Waals surface area contributed by atoms with Gasteiger partial charge in [0.05, 0.1) is 11.8 Å². The summed E-state index contributed by atoms with van der Waals surface area (Å²) < 4.78 is 26.0. The van der Waals surface area contributed by atoms with Crippen LogP contribution in [-0.4, -0.2) is 31.8 Å². The van der Waals surface area contributed by atoms with Gasteiger partial charge in [0, 0.05) is 23.3 Å². The van der Waals surface area contributed by atoms with Crippen molar-refractivity contribution in [3.05, 3.63) is 52.8 Å². The van der Waals surface area contributed by atoms with Gasteiger partial charge in [-0.05, 0) is 55.3 Å². The van der Waals surface area contributed by atoms with E-state index in [1.807, 2.05) is 12.1 Å². The Hall–Kier alpha value is -2.12. The molecule has 1 saturated heterocycles. The predicted octanol–water partition coefficient (Wildman–Crippen LogP) is 4.20. The predicted molar refractivity (Wildman–Crippen MR) is 102 cm³/mol. The molecular formula is C19H20BrFN2O3. The van der Waals surface area contributed by atoms with Crippen molar-refractivity contribution in [2.24, 2.45) is 0 Å². The molecule has 1 aliphatic rings. The molecule has 2 aromatic rings. The first kappa shape index (κ1) is 18.7. The second-order valence-electron chi connectivity index (χ2n) is 6.00. The first-order chi connectivity index (χ1) is 12.6. The number of carbonyl (C=O) groups excluding carboxylic acids is 1. The van der Waals surface area contributed by atoms with Crippen molar-refractivity contribution in [3.8, 4) is 5.75 Å². The number of anilines is 2. The maximum absolute atomic E-state index is 14.2. The molecule has 26 heavy (non-hydrogen) atoms. The molecule has 0 saturated carbocycles. The van der Waals surface area contributed by atoms with Crippen molar-refractivity contribution in [1.29, 1.82) is 0 Å². The van der Waals surface area contributed by atoms with Crippen LogP contribution in [0.3, 0.4) is 0 Å². The van der Waals surface area contributed by atoms with Crippen LogP contribution in [0, 0.1) is 5.82 Å². The van der Waals surface area contributed by atoms with Gasteiger partial charge in [0.15, 0.2) is 6.61 Å². The van der Waals surface area contributed by atoms with E-state index in [1.54, 1.807) is 24.3 Å². The number of ether oxygens (including phenoxy) is 2. The lowest BCUT2D eigenvalue weighted by molar-refractivity contribution is -0.118. The van der Waals surface area contributed by atoms with Crippen LogP contribution in [-0.2, 0) is 9.53 Å². The summed E-state index contributed by atoms with van der Waals surface area (Å²) in [6.07, 6.45) is 2.16. The maximum atomic E-state index is 14.2. The number of benzene rings is 2. The molecular weight excluding hydrogens is 403 g/mol. The van der Waals surface area contributed by atoms with Crippen LogP contribution in [0.2, 0.25) is 0 Å². The van der Waals surface area contributed by atoms with E-state index in [1.165, 1.54) is 6.07 Å². The fraction of sp³-hybridized carbons (Fsp3) is 0.316. The lowest BCUT2D eigenvalue weighted by atomic mass is 10.2. The van der Waals surface area contributed by atoms with Crippen LogP contribution < -0.4 is 15.4 Å². The minimum Gasteiger partial charge on any atom is -0.484 e. The molecule has 1 heterocycles. The summed E-state index contributed by atoms with van der Waals surface area (Å²) in [5.74, 6) is -0.190. The van der Waals surface area contributed by atoms with Gasteiger partial charge in [-0.3, -0.25) is 4.79 Å². The van der Waals surface area contributed by atoms with E-state index < -0.39 is 5.82 Å². The number of nitrogens with one attached hydrogen (secondary N) is 2. The van der Waals surface area contributed by atoms with E-state index >= 15 is 0 Å². The number of carbonyl (C=O) groups is 1. The van der Waals surface area contributed by atoms with Crippen molar-refractivity contribution in [2.75, 3.05) is 30.4 Å². The molecule has 1 fully saturated rings. The normalized spacial score (nSPS) is 16.3. The zero-order valence-corrected chi connectivity index (χ0v) is 15.7. The minimum atomic E-state index is -0.422. The molecule has 0 spiro atoms. The largest absolute Gasteiger partial charge is 0.484 e. The van der Waals surface area contributed by atoms with E-state index in [4.69, 9.17) is 9.47 Å². The Bertz CT molecular complexity index is 749. The summed E-state index contributed by atoms with van der Waals surface area (Å²) in [5, 5.41) is 5.67. The van der Waals surface area contributed by atoms with Crippen LogP contribution in [0.15, 0.2) is 46.9 Å². The highest BCUT2D eigenvalue weighted by atomic mass is 79.9. The first-order valence-corrected chi connectivity index (χ1v) is 9.23. The molecule has 1 amide bonds. The topological polar surface area (TPSA) is 59.6 Å². The first-order valence-electron chi connectivity index (χ1n) is 8.43. The highest BCUT2D eigenvalue weighted by Gasteiger charge is 2.15.